The van der Waals surface area contributed by atoms with E-state index in [1.807, 2.05) is 4.90 Å². The molecular formula is C13H26N2O2. The lowest BCUT2D eigenvalue weighted by atomic mass is 10.1. The van der Waals surface area contributed by atoms with E-state index < -0.39 is 0 Å². The number of hydrogen-bond acceptors (Lipinski definition) is 3. The summed E-state index contributed by atoms with van der Waals surface area (Å²) in [6.07, 6.45) is 7.58. The van der Waals surface area contributed by atoms with Crippen molar-refractivity contribution in [2.24, 2.45) is 5.73 Å². The van der Waals surface area contributed by atoms with E-state index in [0.717, 1.165) is 13.0 Å². The summed E-state index contributed by atoms with van der Waals surface area (Å²) in [6, 6.07) is -0.249. The van der Waals surface area contributed by atoms with E-state index in [1.165, 1.54) is 32.1 Å². The van der Waals surface area contributed by atoms with Crippen LogP contribution >= 0.6 is 0 Å². The zero-order valence-corrected chi connectivity index (χ0v) is 10.9. The number of hydrogen-bond donors (Lipinski definition) is 2. The topological polar surface area (TPSA) is 66.6 Å². The lowest BCUT2D eigenvalue weighted by molar-refractivity contribution is -0.122. The second kappa shape index (κ2) is 7.67. The quantitative estimate of drug-likeness (QED) is 0.630. The number of carbonyl (C=O) groups excluding carboxylic acids is 1. The van der Waals surface area contributed by atoms with Gasteiger partial charge in [0.1, 0.15) is 0 Å². The van der Waals surface area contributed by atoms with Gasteiger partial charge in [-0.15, -0.1) is 0 Å². The van der Waals surface area contributed by atoms with Crippen LogP contribution in [0.3, 0.4) is 0 Å². The maximum atomic E-state index is 11.2. The van der Waals surface area contributed by atoms with Crippen LogP contribution in [0.2, 0.25) is 0 Å². The molecule has 100 valence electrons. The van der Waals surface area contributed by atoms with Gasteiger partial charge in [-0.25, -0.2) is 0 Å². The minimum atomic E-state index is -0.382. The van der Waals surface area contributed by atoms with Crippen LogP contribution in [0.15, 0.2) is 0 Å². The van der Waals surface area contributed by atoms with Crippen LogP contribution in [0.5, 0.6) is 0 Å². The average molecular weight is 242 g/mol. The number of aliphatic hydroxyl groups is 1. The fraction of sp³-hybridized carbons (Fsp3) is 0.923. The highest BCUT2D eigenvalue weighted by Crippen LogP contribution is 2.18. The number of β-amino-alcohol motifs (C(OH)–C–C–N with tert-alkyl or cyclic N) is 1. The minimum Gasteiger partial charge on any atom is -0.392 e. The summed E-state index contributed by atoms with van der Waals surface area (Å²) in [5.41, 5.74) is 5.33. The molecule has 0 saturated carbocycles. The molecule has 1 aliphatic heterocycles. The molecule has 0 aliphatic carbocycles. The number of rotatable bonds is 8. The normalized spacial score (nSPS) is 25.3. The zero-order chi connectivity index (χ0) is 12.7. The van der Waals surface area contributed by atoms with Gasteiger partial charge in [-0.3, -0.25) is 9.69 Å². The Morgan fingerprint density at radius 2 is 1.94 bits per heavy atom. The molecule has 0 radical (unpaired) electrons. The molecule has 1 heterocycles. The van der Waals surface area contributed by atoms with Crippen LogP contribution in [0.25, 0.3) is 0 Å². The molecule has 0 aromatic rings. The molecular weight excluding hydrogens is 216 g/mol. The van der Waals surface area contributed by atoms with E-state index in [-0.39, 0.29) is 18.1 Å². The van der Waals surface area contributed by atoms with Crippen molar-refractivity contribution < 1.29 is 9.90 Å². The van der Waals surface area contributed by atoms with Gasteiger partial charge in [-0.05, 0) is 19.4 Å². The highest BCUT2D eigenvalue weighted by Gasteiger charge is 2.33. The predicted octanol–water partition coefficient (Wildman–Crippen LogP) is 1.27. The Morgan fingerprint density at radius 3 is 2.59 bits per heavy atom. The van der Waals surface area contributed by atoms with Gasteiger partial charge < -0.3 is 10.8 Å². The predicted molar refractivity (Wildman–Crippen MR) is 68.6 cm³/mol. The molecule has 2 atom stereocenters. The van der Waals surface area contributed by atoms with Gasteiger partial charge in [-0.1, -0.05) is 39.0 Å². The number of primary amides is 1. The highest BCUT2D eigenvalue weighted by atomic mass is 16.3. The van der Waals surface area contributed by atoms with Gasteiger partial charge >= 0.3 is 0 Å². The van der Waals surface area contributed by atoms with Crippen LogP contribution < -0.4 is 5.73 Å². The Balaban J connectivity index is 2.15. The maximum absolute atomic E-state index is 11.2. The van der Waals surface area contributed by atoms with Crippen molar-refractivity contribution in [2.75, 3.05) is 13.1 Å². The Hall–Kier alpha value is -0.610. The smallest absolute Gasteiger partial charge is 0.234 e. The zero-order valence-electron chi connectivity index (χ0n) is 10.9. The van der Waals surface area contributed by atoms with Crippen LogP contribution in [0.1, 0.15) is 51.9 Å². The number of carbonyl (C=O) groups is 1. The van der Waals surface area contributed by atoms with E-state index in [2.05, 4.69) is 6.92 Å². The van der Waals surface area contributed by atoms with Crippen molar-refractivity contribution in [1.82, 2.24) is 4.90 Å². The molecule has 0 aromatic carbocycles. The Labute approximate surface area is 104 Å². The van der Waals surface area contributed by atoms with Crippen LogP contribution in [-0.2, 0) is 4.79 Å². The largest absolute Gasteiger partial charge is 0.392 e. The van der Waals surface area contributed by atoms with Crippen molar-refractivity contribution in [3.05, 3.63) is 0 Å². The minimum absolute atomic E-state index is 0.249. The van der Waals surface area contributed by atoms with Gasteiger partial charge in [0.2, 0.25) is 5.91 Å². The molecule has 1 aliphatic rings. The first-order chi connectivity index (χ1) is 8.15. The van der Waals surface area contributed by atoms with Crippen molar-refractivity contribution in [2.45, 2.75) is 64.0 Å². The fourth-order valence-electron chi connectivity index (χ4n) is 2.52. The third-order valence-electron chi connectivity index (χ3n) is 3.51. The second-order valence-corrected chi connectivity index (χ2v) is 5.07. The highest BCUT2D eigenvalue weighted by molar-refractivity contribution is 5.80. The van der Waals surface area contributed by atoms with Crippen LogP contribution in [-0.4, -0.2) is 41.1 Å². The van der Waals surface area contributed by atoms with Gasteiger partial charge in [0, 0.05) is 6.54 Å². The van der Waals surface area contributed by atoms with Gasteiger partial charge in [-0.2, -0.15) is 0 Å². The molecule has 1 amide bonds. The fourth-order valence-corrected chi connectivity index (χ4v) is 2.52. The molecule has 1 fully saturated rings. The summed E-state index contributed by atoms with van der Waals surface area (Å²) in [5, 5.41) is 9.54. The Bertz CT molecular complexity index is 233. The average Bonchev–Trinajstić information content (AvgIpc) is 2.65. The number of nitrogens with two attached hydrogens (primary N) is 1. The van der Waals surface area contributed by atoms with Crippen molar-refractivity contribution in [3.63, 3.8) is 0 Å². The molecule has 0 aromatic heterocycles. The van der Waals surface area contributed by atoms with E-state index in [0.29, 0.717) is 13.0 Å². The first kappa shape index (κ1) is 14.5. The van der Waals surface area contributed by atoms with Gasteiger partial charge in [0.25, 0.3) is 0 Å². The maximum Gasteiger partial charge on any atom is 0.234 e. The molecule has 2 unspecified atom stereocenters. The summed E-state index contributed by atoms with van der Waals surface area (Å²) in [4.78, 5) is 13.2. The number of unbranched alkanes of at least 4 members (excludes halogenated alkanes) is 5. The van der Waals surface area contributed by atoms with Crippen LogP contribution in [0.4, 0.5) is 0 Å². The van der Waals surface area contributed by atoms with Crippen molar-refractivity contribution in [1.29, 1.82) is 0 Å². The van der Waals surface area contributed by atoms with E-state index in [1.54, 1.807) is 0 Å². The summed E-state index contributed by atoms with van der Waals surface area (Å²) in [6.45, 7) is 3.70. The number of amides is 1. The third-order valence-corrected chi connectivity index (χ3v) is 3.51. The molecule has 3 N–H and O–H groups in total. The molecule has 1 saturated heterocycles. The Morgan fingerprint density at radius 1 is 1.29 bits per heavy atom. The molecule has 4 nitrogen and oxygen atoms in total. The van der Waals surface area contributed by atoms with E-state index in [9.17, 15) is 9.90 Å². The number of likely N-dealkylation sites (tertiary alicyclic amines) is 1. The molecule has 1 rings (SSSR count). The number of nitrogens with zero attached hydrogens (tertiary/aromatic N) is 1. The number of aliphatic hydroxyl groups excluding tert-OH is 1. The third kappa shape index (κ3) is 5.04. The standard InChI is InChI=1S/C13H26N2O2/c1-2-3-4-5-6-7-8-15-10-11(16)9-12(15)13(14)17/h11-12,16H,2-10H2,1H3,(H2,14,17). The molecule has 0 bridgehead atoms. The first-order valence-corrected chi connectivity index (χ1v) is 6.86. The van der Waals surface area contributed by atoms with Crippen molar-refractivity contribution in [3.8, 4) is 0 Å². The Kier molecular flexibility index (Phi) is 6.52. The lowest BCUT2D eigenvalue weighted by Crippen LogP contribution is -2.40. The van der Waals surface area contributed by atoms with Crippen LogP contribution in [0, 0.1) is 0 Å². The summed E-state index contributed by atoms with van der Waals surface area (Å²) < 4.78 is 0. The lowest BCUT2D eigenvalue weighted by Gasteiger charge is -2.21. The molecule has 17 heavy (non-hydrogen) atoms. The molecule has 0 spiro atoms. The second-order valence-electron chi connectivity index (χ2n) is 5.07. The molecule has 4 heteroatoms. The van der Waals surface area contributed by atoms with E-state index >= 15 is 0 Å². The summed E-state index contributed by atoms with van der Waals surface area (Å²) >= 11 is 0. The monoisotopic (exact) mass is 242 g/mol. The summed E-state index contributed by atoms with van der Waals surface area (Å²) in [7, 11) is 0. The van der Waals surface area contributed by atoms with Gasteiger partial charge in [0.05, 0.1) is 12.1 Å². The van der Waals surface area contributed by atoms with Gasteiger partial charge in [0.15, 0.2) is 0 Å². The van der Waals surface area contributed by atoms with Crippen molar-refractivity contribution >= 4 is 5.91 Å². The van der Waals surface area contributed by atoms with E-state index in [4.69, 9.17) is 5.73 Å². The SMILES string of the molecule is CCCCCCCCN1CC(O)CC1C(N)=O. The first-order valence-electron chi connectivity index (χ1n) is 6.86. The summed E-state index contributed by atoms with van der Waals surface area (Å²) in [5.74, 6) is -0.299.